The molecule has 1 aliphatic heterocycles. The summed E-state index contributed by atoms with van der Waals surface area (Å²) in [6.07, 6.45) is 4.53. The van der Waals surface area contributed by atoms with Gasteiger partial charge in [0.2, 0.25) is 6.04 Å². The molecule has 1 saturated carbocycles. The van der Waals surface area contributed by atoms with Gasteiger partial charge in [-0.2, -0.15) is 0 Å². The molecular weight excluding hydrogens is 606 g/mol. The highest BCUT2D eigenvalue weighted by atomic mass is 32.2. The Morgan fingerprint density at radius 3 is 2.54 bits per heavy atom. The van der Waals surface area contributed by atoms with Gasteiger partial charge in [0.25, 0.3) is 0 Å². The number of nitrogens with one attached hydrogen (secondary N) is 1. The molecule has 46 heavy (non-hydrogen) atoms. The van der Waals surface area contributed by atoms with Crippen molar-refractivity contribution < 1.29 is 29.0 Å². The number of thiol groups is 1. The molecule has 0 radical (unpaired) electrons. The van der Waals surface area contributed by atoms with Crippen molar-refractivity contribution in [3.05, 3.63) is 100 Å². The van der Waals surface area contributed by atoms with Gasteiger partial charge in [-0.25, -0.2) is 4.79 Å². The molecule has 5 rings (SSSR count). The van der Waals surface area contributed by atoms with Gasteiger partial charge in [-0.15, -0.1) is 0 Å². The van der Waals surface area contributed by atoms with Gasteiger partial charge in [0, 0.05) is 54.1 Å². The Morgan fingerprint density at radius 1 is 1.17 bits per heavy atom. The number of rotatable bonds is 16. The van der Waals surface area contributed by atoms with E-state index in [9.17, 15) is 20.0 Å². The third kappa shape index (κ3) is 9.65. The van der Waals surface area contributed by atoms with Crippen LogP contribution in [0.3, 0.4) is 0 Å². The molecule has 10 nitrogen and oxygen atoms in total. The number of carbonyl (C=O) groups excluding carboxylic acids is 1. The van der Waals surface area contributed by atoms with Crippen molar-refractivity contribution in [2.45, 2.75) is 68.8 Å². The van der Waals surface area contributed by atoms with Gasteiger partial charge in [0.1, 0.15) is 18.1 Å². The topological polar surface area (TPSA) is 123 Å². The number of aliphatic hydroxyl groups excluding tert-OH is 1. The Kier molecular flexibility index (Phi) is 11.9. The zero-order chi connectivity index (χ0) is 32.5. The highest BCUT2D eigenvalue weighted by Gasteiger charge is 2.59. The second-order valence-electron chi connectivity index (χ2n) is 13.0. The van der Waals surface area contributed by atoms with E-state index in [1.54, 1.807) is 0 Å². The van der Waals surface area contributed by atoms with Crippen LogP contribution in [0.2, 0.25) is 0 Å². The summed E-state index contributed by atoms with van der Waals surface area (Å²) in [5.41, 5.74) is 1.06. The Bertz CT molecular complexity index is 1350. The summed E-state index contributed by atoms with van der Waals surface area (Å²) in [6, 6.07) is 19.0. The van der Waals surface area contributed by atoms with Crippen LogP contribution in [-0.4, -0.2) is 77.7 Å². The van der Waals surface area contributed by atoms with Gasteiger partial charge < -0.3 is 19.3 Å². The van der Waals surface area contributed by atoms with Gasteiger partial charge in [0.15, 0.2) is 10.8 Å². The standard InChI is InChI=1S/C35H45N3O7S/c1-25(2)21-37(24-46-29-11-7-4-8-12-29)22-32(45-34(40)44-28-15-13-27(14-16-28)38(41)42)31(19-26-9-5-3-6-10-26)36-33(39)30-20-35(30)17-18-43-23-35/h3-13,15-16,25,27,30-33,36,39H,14,17-24H2,1-2H3/p+1/t27?,30?,31-,32+,33?,35+/m0/s1. The maximum Gasteiger partial charge on any atom is 0.514 e. The minimum absolute atomic E-state index is 0.0125. The van der Waals surface area contributed by atoms with Gasteiger partial charge >= 0.3 is 6.16 Å². The zero-order valence-corrected chi connectivity index (χ0v) is 27.5. The molecule has 1 spiro atoms. The predicted octanol–water partition coefficient (Wildman–Crippen LogP) is 4.73. The minimum Gasteiger partial charge on any atom is -0.428 e. The van der Waals surface area contributed by atoms with E-state index in [1.807, 2.05) is 48.5 Å². The van der Waals surface area contributed by atoms with Crippen LogP contribution in [0.25, 0.3) is 0 Å². The Hall–Kier alpha value is -3.22. The summed E-state index contributed by atoms with van der Waals surface area (Å²) in [7, 11) is 0. The van der Waals surface area contributed by atoms with Crippen molar-refractivity contribution in [1.82, 2.24) is 10.2 Å². The number of hydrogen-bond acceptors (Lipinski definition) is 9. The number of allylic oxidation sites excluding steroid dienone is 1. The average Bonchev–Trinajstić information content (AvgIpc) is 3.55. The first-order chi connectivity index (χ1) is 22.2. The van der Waals surface area contributed by atoms with E-state index in [2.05, 4.69) is 36.2 Å². The first-order valence-corrected chi connectivity index (χ1v) is 17.2. The molecule has 0 aromatic heterocycles. The van der Waals surface area contributed by atoms with E-state index in [1.165, 1.54) is 23.1 Å². The highest BCUT2D eigenvalue weighted by Crippen LogP contribution is 2.59. The van der Waals surface area contributed by atoms with Gasteiger partial charge in [-0.3, -0.25) is 20.3 Å². The molecule has 3 aliphatic rings. The third-order valence-electron chi connectivity index (χ3n) is 8.93. The molecule has 0 amide bonds. The van der Waals surface area contributed by atoms with Crippen molar-refractivity contribution in [1.29, 1.82) is 0 Å². The van der Waals surface area contributed by atoms with Gasteiger partial charge in [-0.05, 0) is 61.1 Å². The summed E-state index contributed by atoms with van der Waals surface area (Å²) in [4.78, 5) is 27.6. The zero-order valence-electron chi connectivity index (χ0n) is 26.6. The van der Waals surface area contributed by atoms with E-state index in [-0.39, 0.29) is 28.4 Å². The lowest BCUT2D eigenvalue weighted by molar-refractivity contribution is -0.508. The highest BCUT2D eigenvalue weighted by molar-refractivity contribution is 7.78. The molecule has 2 N–H and O–H groups in total. The SMILES string of the molecule is CC(C)CN(C[SH+]c1ccccc1)C[C@@H](OC(=O)OC1=CCC([N+](=O)[O-])C=C1)[C@H](Cc1ccccc1)NC(O)C1C[C@@]12CCOC2. The molecule has 2 aliphatic carbocycles. The molecule has 6 atom stereocenters. The van der Waals surface area contributed by atoms with Crippen LogP contribution in [0.15, 0.2) is 89.5 Å². The monoisotopic (exact) mass is 652 g/mol. The van der Waals surface area contributed by atoms with Crippen LogP contribution in [-0.2, 0) is 32.4 Å². The largest absolute Gasteiger partial charge is 0.514 e. The summed E-state index contributed by atoms with van der Waals surface area (Å²) in [5.74, 6) is 1.38. The van der Waals surface area contributed by atoms with Crippen molar-refractivity contribution >= 4 is 17.9 Å². The van der Waals surface area contributed by atoms with E-state index in [4.69, 9.17) is 14.2 Å². The summed E-state index contributed by atoms with van der Waals surface area (Å²) >= 11 is 1.13. The van der Waals surface area contributed by atoms with E-state index in [0.717, 1.165) is 42.6 Å². The van der Waals surface area contributed by atoms with E-state index in [0.29, 0.717) is 32.1 Å². The van der Waals surface area contributed by atoms with Crippen molar-refractivity contribution in [3.63, 3.8) is 0 Å². The lowest BCUT2D eigenvalue weighted by atomic mass is 9.98. The quantitative estimate of drug-likeness (QED) is 0.0662. The van der Waals surface area contributed by atoms with Crippen LogP contribution in [0, 0.1) is 27.4 Å². The maximum atomic E-state index is 13.3. The Labute approximate surface area is 275 Å². The number of nitrogens with zero attached hydrogens (tertiary/aromatic N) is 2. The fourth-order valence-corrected chi connectivity index (χ4v) is 7.37. The number of ether oxygens (including phenoxy) is 3. The van der Waals surface area contributed by atoms with E-state index >= 15 is 0 Å². The molecule has 11 heteroatoms. The lowest BCUT2D eigenvalue weighted by Gasteiger charge is -2.33. The van der Waals surface area contributed by atoms with Crippen molar-refractivity contribution in [3.8, 4) is 0 Å². The number of carbonyl (C=O) groups is 1. The molecule has 1 heterocycles. The van der Waals surface area contributed by atoms with Crippen LogP contribution < -0.4 is 5.32 Å². The fourth-order valence-electron chi connectivity index (χ4n) is 6.39. The Morgan fingerprint density at radius 2 is 1.91 bits per heavy atom. The first-order valence-electron chi connectivity index (χ1n) is 16.1. The number of nitro groups is 1. The molecule has 2 fully saturated rings. The van der Waals surface area contributed by atoms with Gasteiger partial charge in [-0.1, -0.05) is 62.4 Å². The smallest absolute Gasteiger partial charge is 0.428 e. The van der Waals surface area contributed by atoms with Gasteiger partial charge in [0.05, 0.1) is 12.6 Å². The van der Waals surface area contributed by atoms with Crippen LogP contribution >= 0.6 is 0 Å². The molecule has 0 bridgehead atoms. The van der Waals surface area contributed by atoms with Crippen LogP contribution in [0.5, 0.6) is 0 Å². The minimum atomic E-state index is -0.882. The molecule has 2 aromatic carbocycles. The summed E-state index contributed by atoms with van der Waals surface area (Å²) in [5, 5.41) is 26.1. The average molecular weight is 653 g/mol. The van der Waals surface area contributed by atoms with Crippen LogP contribution in [0.1, 0.15) is 38.7 Å². The summed E-state index contributed by atoms with van der Waals surface area (Å²) in [6.45, 7) is 6.90. The van der Waals surface area contributed by atoms with Crippen LogP contribution in [0.4, 0.5) is 4.79 Å². The number of hydrogen-bond donors (Lipinski definition) is 2. The fraction of sp³-hybridized carbons (Fsp3) is 0.514. The maximum absolute atomic E-state index is 13.3. The number of benzene rings is 2. The van der Waals surface area contributed by atoms with Crippen molar-refractivity contribution in [2.24, 2.45) is 17.3 Å². The second kappa shape index (κ2) is 16.1. The number of aliphatic hydroxyl groups is 1. The molecule has 3 unspecified atom stereocenters. The molecule has 248 valence electrons. The third-order valence-corrected chi connectivity index (χ3v) is 10.1. The second-order valence-corrected chi connectivity index (χ2v) is 14.1. The molecule has 1 saturated heterocycles. The Balaban J connectivity index is 1.36. The lowest BCUT2D eigenvalue weighted by Crippen LogP contribution is -2.54. The summed E-state index contributed by atoms with van der Waals surface area (Å²) < 4.78 is 17.3. The molecule has 2 aromatic rings. The normalized spacial score (nSPS) is 24.1. The van der Waals surface area contributed by atoms with E-state index < -0.39 is 30.6 Å². The van der Waals surface area contributed by atoms with Crippen molar-refractivity contribution in [2.75, 3.05) is 32.2 Å². The first kappa shape index (κ1) is 34.1. The molecular formula is C35H46N3O7S+. The predicted molar refractivity (Wildman–Crippen MR) is 178 cm³/mol.